The van der Waals surface area contributed by atoms with Crippen molar-refractivity contribution in [3.8, 4) is 28.7 Å². The molecule has 0 N–H and O–H groups in total. The first kappa shape index (κ1) is 17.0. The van der Waals surface area contributed by atoms with Crippen molar-refractivity contribution < 1.29 is 28.5 Å². The Labute approximate surface area is 146 Å². The van der Waals surface area contributed by atoms with Crippen LogP contribution in [0.1, 0.15) is 30.1 Å². The molecule has 2 aromatic carbocycles. The molecule has 6 nitrogen and oxygen atoms in total. The minimum Gasteiger partial charge on any atom is -0.493 e. The van der Waals surface area contributed by atoms with Crippen molar-refractivity contribution in [1.29, 1.82) is 0 Å². The van der Waals surface area contributed by atoms with E-state index in [9.17, 15) is 4.79 Å². The third kappa shape index (κ3) is 3.96. The topological polar surface area (TPSA) is 63.2 Å². The number of hydrogen-bond donors (Lipinski definition) is 0. The molecule has 0 aromatic heterocycles. The molecule has 2 aromatic rings. The van der Waals surface area contributed by atoms with Crippen LogP contribution in [0.4, 0.5) is 0 Å². The van der Waals surface area contributed by atoms with Gasteiger partial charge in [-0.25, -0.2) is 4.79 Å². The maximum Gasteiger partial charge on any atom is 0.343 e. The SMILES string of the molecule is CCCCOc1ccc(C(=O)Oc2ccc3c(c2)OCO3)cc1OC. The number of carbonyl (C=O) groups excluding carboxylic acids is 1. The van der Waals surface area contributed by atoms with Gasteiger partial charge in [0.25, 0.3) is 0 Å². The summed E-state index contributed by atoms with van der Waals surface area (Å²) in [7, 11) is 1.54. The van der Waals surface area contributed by atoms with Gasteiger partial charge in [-0.2, -0.15) is 0 Å². The van der Waals surface area contributed by atoms with Gasteiger partial charge >= 0.3 is 5.97 Å². The molecule has 0 fully saturated rings. The summed E-state index contributed by atoms with van der Waals surface area (Å²) < 4.78 is 26.9. The molecule has 1 aliphatic rings. The number of methoxy groups -OCH3 is 1. The number of ether oxygens (including phenoxy) is 5. The maximum absolute atomic E-state index is 12.4. The zero-order valence-electron chi connectivity index (χ0n) is 14.2. The van der Waals surface area contributed by atoms with E-state index in [-0.39, 0.29) is 6.79 Å². The molecule has 25 heavy (non-hydrogen) atoms. The van der Waals surface area contributed by atoms with Crippen molar-refractivity contribution in [2.45, 2.75) is 19.8 Å². The number of carbonyl (C=O) groups is 1. The second-order valence-electron chi connectivity index (χ2n) is 5.47. The molecule has 132 valence electrons. The van der Waals surface area contributed by atoms with Gasteiger partial charge in [-0.15, -0.1) is 0 Å². The summed E-state index contributed by atoms with van der Waals surface area (Å²) in [4.78, 5) is 12.4. The summed E-state index contributed by atoms with van der Waals surface area (Å²) >= 11 is 0. The third-order valence-corrected chi connectivity index (χ3v) is 3.71. The quantitative estimate of drug-likeness (QED) is 0.432. The lowest BCUT2D eigenvalue weighted by molar-refractivity contribution is 0.0734. The van der Waals surface area contributed by atoms with Crippen LogP contribution < -0.4 is 23.7 Å². The van der Waals surface area contributed by atoms with E-state index in [1.54, 1.807) is 36.4 Å². The Kier molecular flexibility index (Phi) is 5.28. The Hall–Kier alpha value is -2.89. The Morgan fingerprint density at radius 3 is 2.72 bits per heavy atom. The molecule has 1 heterocycles. The lowest BCUT2D eigenvalue weighted by Crippen LogP contribution is -2.09. The molecule has 0 bridgehead atoms. The molecule has 0 aliphatic carbocycles. The Morgan fingerprint density at radius 2 is 1.92 bits per heavy atom. The molecular weight excluding hydrogens is 324 g/mol. The van der Waals surface area contributed by atoms with E-state index in [1.165, 1.54) is 7.11 Å². The van der Waals surface area contributed by atoms with Gasteiger partial charge in [-0.05, 0) is 36.8 Å². The predicted octanol–water partition coefficient (Wildman–Crippen LogP) is 3.82. The molecule has 0 radical (unpaired) electrons. The monoisotopic (exact) mass is 344 g/mol. The minimum atomic E-state index is -0.489. The fraction of sp³-hybridized carbons (Fsp3) is 0.316. The average molecular weight is 344 g/mol. The highest BCUT2D eigenvalue weighted by Gasteiger charge is 2.17. The van der Waals surface area contributed by atoms with Crippen LogP contribution in [-0.2, 0) is 0 Å². The minimum absolute atomic E-state index is 0.170. The highest BCUT2D eigenvalue weighted by atomic mass is 16.7. The smallest absolute Gasteiger partial charge is 0.343 e. The van der Waals surface area contributed by atoms with Crippen LogP contribution >= 0.6 is 0 Å². The normalized spacial score (nSPS) is 11.9. The Bertz CT molecular complexity index is 756. The number of esters is 1. The van der Waals surface area contributed by atoms with E-state index < -0.39 is 5.97 Å². The average Bonchev–Trinajstić information content (AvgIpc) is 3.09. The lowest BCUT2D eigenvalue weighted by Gasteiger charge is -2.12. The van der Waals surface area contributed by atoms with Gasteiger partial charge in [0.05, 0.1) is 19.3 Å². The Morgan fingerprint density at radius 1 is 1.08 bits per heavy atom. The van der Waals surface area contributed by atoms with Crippen LogP contribution in [0.2, 0.25) is 0 Å². The summed E-state index contributed by atoms with van der Waals surface area (Å²) in [5.41, 5.74) is 0.373. The highest BCUT2D eigenvalue weighted by molar-refractivity contribution is 5.92. The summed E-state index contributed by atoms with van der Waals surface area (Å²) in [5.74, 6) is 2.19. The van der Waals surface area contributed by atoms with Crippen LogP contribution in [0.5, 0.6) is 28.7 Å². The van der Waals surface area contributed by atoms with Crippen LogP contribution in [-0.4, -0.2) is 26.5 Å². The molecule has 6 heteroatoms. The molecule has 0 atom stereocenters. The van der Waals surface area contributed by atoms with Gasteiger partial charge in [-0.1, -0.05) is 13.3 Å². The van der Waals surface area contributed by atoms with E-state index >= 15 is 0 Å². The maximum atomic E-state index is 12.4. The summed E-state index contributed by atoms with van der Waals surface area (Å²) in [6.07, 6.45) is 2.00. The first-order valence-electron chi connectivity index (χ1n) is 8.14. The lowest BCUT2D eigenvalue weighted by atomic mass is 10.2. The number of fused-ring (bicyclic) bond motifs is 1. The molecule has 1 aliphatic heterocycles. The number of unbranched alkanes of at least 4 members (excludes halogenated alkanes) is 1. The first-order valence-corrected chi connectivity index (χ1v) is 8.14. The van der Waals surface area contributed by atoms with E-state index in [0.29, 0.717) is 40.9 Å². The van der Waals surface area contributed by atoms with Crippen molar-refractivity contribution in [2.24, 2.45) is 0 Å². The van der Waals surface area contributed by atoms with Crippen LogP contribution in [0.3, 0.4) is 0 Å². The van der Waals surface area contributed by atoms with Crippen molar-refractivity contribution in [3.05, 3.63) is 42.0 Å². The molecular formula is C19H20O6. The number of benzene rings is 2. The number of rotatable bonds is 7. The van der Waals surface area contributed by atoms with E-state index in [2.05, 4.69) is 6.92 Å². The second kappa shape index (κ2) is 7.79. The molecule has 0 spiro atoms. The van der Waals surface area contributed by atoms with Crippen molar-refractivity contribution in [2.75, 3.05) is 20.5 Å². The summed E-state index contributed by atoms with van der Waals surface area (Å²) in [6.45, 7) is 2.87. The van der Waals surface area contributed by atoms with Crippen molar-refractivity contribution in [3.63, 3.8) is 0 Å². The number of hydrogen-bond acceptors (Lipinski definition) is 6. The van der Waals surface area contributed by atoms with Crippen LogP contribution in [0, 0.1) is 0 Å². The first-order chi connectivity index (χ1) is 12.2. The second-order valence-corrected chi connectivity index (χ2v) is 5.47. The molecule has 0 unspecified atom stereocenters. The van der Waals surface area contributed by atoms with Crippen LogP contribution in [0.15, 0.2) is 36.4 Å². The van der Waals surface area contributed by atoms with Gasteiger partial charge in [0.1, 0.15) is 5.75 Å². The van der Waals surface area contributed by atoms with Crippen LogP contribution in [0.25, 0.3) is 0 Å². The van der Waals surface area contributed by atoms with E-state index in [0.717, 1.165) is 12.8 Å². The fourth-order valence-electron chi connectivity index (χ4n) is 2.35. The van der Waals surface area contributed by atoms with Gasteiger partial charge in [0.2, 0.25) is 6.79 Å². The summed E-state index contributed by atoms with van der Waals surface area (Å²) in [5, 5.41) is 0. The standard InChI is InChI=1S/C19H20O6/c1-3-4-9-22-15-7-5-13(10-17(15)21-2)19(20)25-14-6-8-16-18(11-14)24-12-23-16/h5-8,10-11H,3-4,9,12H2,1-2H3. The fourth-order valence-corrected chi connectivity index (χ4v) is 2.35. The van der Waals surface area contributed by atoms with Crippen molar-refractivity contribution >= 4 is 5.97 Å². The zero-order valence-corrected chi connectivity index (χ0v) is 14.2. The summed E-state index contributed by atoms with van der Waals surface area (Å²) in [6, 6.07) is 9.96. The largest absolute Gasteiger partial charge is 0.493 e. The third-order valence-electron chi connectivity index (χ3n) is 3.71. The van der Waals surface area contributed by atoms with Gasteiger partial charge in [0, 0.05) is 6.07 Å². The zero-order chi connectivity index (χ0) is 17.6. The van der Waals surface area contributed by atoms with Gasteiger partial charge < -0.3 is 23.7 Å². The Balaban J connectivity index is 1.71. The molecule has 3 rings (SSSR count). The van der Waals surface area contributed by atoms with E-state index in [4.69, 9.17) is 23.7 Å². The molecule has 0 saturated heterocycles. The molecule has 0 saturated carbocycles. The predicted molar refractivity (Wildman–Crippen MR) is 90.9 cm³/mol. The van der Waals surface area contributed by atoms with E-state index in [1.807, 2.05) is 0 Å². The van der Waals surface area contributed by atoms with Crippen molar-refractivity contribution in [1.82, 2.24) is 0 Å². The molecule has 0 amide bonds. The van der Waals surface area contributed by atoms with Gasteiger partial charge in [0.15, 0.2) is 23.0 Å². The van der Waals surface area contributed by atoms with Gasteiger partial charge in [-0.3, -0.25) is 0 Å². The highest BCUT2D eigenvalue weighted by Crippen LogP contribution is 2.35.